The van der Waals surface area contributed by atoms with Crippen LogP contribution in [-0.2, 0) is 4.79 Å². The maximum atomic E-state index is 10.6. The monoisotopic (exact) mass is 188 g/mol. The van der Waals surface area contributed by atoms with Crippen LogP contribution >= 0.6 is 11.6 Å². The van der Waals surface area contributed by atoms with Crippen LogP contribution in [0.1, 0.15) is 0 Å². The predicted molar refractivity (Wildman–Crippen MR) is 50.1 cm³/mol. The van der Waals surface area contributed by atoms with Gasteiger partial charge in [-0.25, -0.2) is 0 Å². The second-order valence-electron chi connectivity index (χ2n) is 2.43. The van der Waals surface area contributed by atoms with E-state index in [1.165, 1.54) is 0 Å². The molecule has 0 rings (SSSR count). The van der Waals surface area contributed by atoms with E-state index in [4.69, 9.17) is 18.0 Å². The fraction of sp³-hybridized carbons (Fsp3) is 0.625. The summed E-state index contributed by atoms with van der Waals surface area (Å²) < 4.78 is 0. The number of halogens is 1. The Morgan fingerprint density at radius 2 is 2.42 bits per heavy atom. The minimum absolute atomic E-state index is 0.0128. The molecule has 0 unspecified atom stereocenters. The lowest BCUT2D eigenvalue weighted by Crippen LogP contribution is -2.33. The van der Waals surface area contributed by atoms with Crippen molar-refractivity contribution in [3.8, 4) is 12.3 Å². The van der Waals surface area contributed by atoms with Crippen LogP contribution in [0.3, 0.4) is 0 Å². The van der Waals surface area contributed by atoms with E-state index >= 15 is 0 Å². The highest BCUT2D eigenvalue weighted by molar-refractivity contribution is 6.27. The second-order valence-corrected chi connectivity index (χ2v) is 2.69. The number of carbonyl (C=O) groups excluding carboxylic acids is 1. The number of amides is 1. The topological polar surface area (TPSA) is 32.3 Å². The number of carbonyl (C=O) groups is 1. The molecule has 0 aromatic rings. The molecule has 68 valence electrons. The van der Waals surface area contributed by atoms with E-state index < -0.39 is 0 Å². The van der Waals surface area contributed by atoms with Crippen molar-refractivity contribution in [1.29, 1.82) is 0 Å². The Morgan fingerprint density at radius 3 is 2.92 bits per heavy atom. The summed E-state index contributed by atoms with van der Waals surface area (Å²) in [5, 5.41) is 2.64. The number of likely N-dealkylation sites (N-methyl/N-ethyl adjacent to an activating group) is 1. The molecule has 0 radical (unpaired) electrons. The first-order valence-electron chi connectivity index (χ1n) is 3.65. The van der Waals surface area contributed by atoms with Crippen LogP contribution < -0.4 is 5.32 Å². The third-order valence-corrected chi connectivity index (χ3v) is 1.54. The minimum Gasteiger partial charge on any atom is -0.354 e. The molecule has 0 fully saturated rings. The van der Waals surface area contributed by atoms with Crippen LogP contribution in [-0.4, -0.2) is 43.4 Å². The van der Waals surface area contributed by atoms with E-state index in [0.717, 1.165) is 6.54 Å². The van der Waals surface area contributed by atoms with Gasteiger partial charge >= 0.3 is 0 Å². The number of hydrogen-bond acceptors (Lipinski definition) is 2. The third kappa shape index (κ3) is 6.02. The summed E-state index contributed by atoms with van der Waals surface area (Å²) >= 11 is 5.27. The molecular weight excluding hydrogens is 176 g/mol. The van der Waals surface area contributed by atoms with E-state index in [1.807, 2.05) is 11.9 Å². The van der Waals surface area contributed by atoms with E-state index in [9.17, 15) is 4.79 Å². The van der Waals surface area contributed by atoms with Crippen LogP contribution in [0.25, 0.3) is 0 Å². The van der Waals surface area contributed by atoms with E-state index in [-0.39, 0.29) is 11.8 Å². The van der Waals surface area contributed by atoms with Crippen molar-refractivity contribution in [2.24, 2.45) is 0 Å². The van der Waals surface area contributed by atoms with Gasteiger partial charge in [0.2, 0.25) is 5.91 Å². The largest absolute Gasteiger partial charge is 0.354 e. The number of rotatable bonds is 5. The van der Waals surface area contributed by atoms with Crippen molar-refractivity contribution in [1.82, 2.24) is 10.2 Å². The molecule has 12 heavy (non-hydrogen) atoms. The Labute approximate surface area is 78.1 Å². The Balaban J connectivity index is 3.31. The number of hydrogen-bond donors (Lipinski definition) is 1. The molecule has 3 nitrogen and oxygen atoms in total. The molecule has 0 aliphatic rings. The zero-order valence-corrected chi connectivity index (χ0v) is 7.90. The molecule has 1 N–H and O–H groups in total. The highest BCUT2D eigenvalue weighted by atomic mass is 35.5. The summed E-state index contributed by atoms with van der Waals surface area (Å²) in [6, 6.07) is 0. The third-order valence-electron chi connectivity index (χ3n) is 1.30. The molecule has 0 aliphatic carbocycles. The maximum Gasteiger partial charge on any atom is 0.234 e. The standard InChI is InChI=1S/C8H13ClN2O/c1-3-5-11(2)6-4-10-8(12)7-9/h1H,4-7H2,2H3,(H,10,12). The molecule has 0 atom stereocenters. The van der Waals surface area contributed by atoms with Crippen LogP contribution in [0, 0.1) is 12.3 Å². The molecule has 0 bridgehead atoms. The molecule has 0 aliphatic heterocycles. The highest BCUT2D eigenvalue weighted by Crippen LogP contribution is 1.79. The molecule has 0 aromatic heterocycles. The summed E-state index contributed by atoms with van der Waals surface area (Å²) in [5.74, 6) is 2.37. The summed E-state index contributed by atoms with van der Waals surface area (Å²) in [5.41, 5.74) is 0. The van der Waals surface area contributed by atoms with Gasteiger partial charge in [0.05, 0.1) is 6.54 Å². The van der Waals surface area contributed by atoms with Crippen molar-refractivity contribution in [2.45, 2.75) is 0 Å². The van der Waals surface area contributed by atoms with Crippen molar-refractivity contribution < 1.29 is 4.79 Å². The highest BCUT2D eigenvalue weighted by Gasteiger charge is 1.98. The van der Waals surface area contributed by atoms with Crippen LogP contribution in [0.4, 0.5) is 0 Å². The number of nitrogens with zero attached hydrogens (tertiary/aromatic N) is 1. The lowest BCUT2D eigenvalue weighted by Gasteiger charge is -2.12. The Morgan fingerprint density at radius 1 is 1.75 bits per heavy atom. The van der Waals surface area contributed by atoms with Crippen molar-refractivity contribution >= 4 is 17.5 Å². The molecule has 0 saturated carbocycles. The fourth-order valence-electron chi connectivity index (χ4n) is 0.668. The zero-order chi connectivity index (χ0) is 9.40. The second kappa shape index (κ2) is 6.96. The Bertz CT molecular complexity index is 176. The summed E-state index contributed by atoms with van der Waals surface area (Å²) in [4.78, 5) is 12.6. The number of terminal acetylenes is 1. The van der Waals surface area contributed by atoms with Gasteiger partial charge in [0.25, 0.3) is 0 Å². The normalized spacial score (nSPS) is 9.50. The first kappa shape index (κ1) is 11.3. The van der Waals surface area contributed by atoms with Crippen molar-refractivity contribution in [3.05, 3.63) is 0 Å². The number of nitrogens with one attached hydrogen (secondary N) is 1. The average molecular weight is 189 g/mol. The van der Waals surface area contributed by atoms with Crippen LogP contribution in [0.5, 0.6) is 0 Å². The average Bonchev–Trinajstić information content (AvgIpc) is 2.04. The Hall–Kier alpha value is -0.720. The summed E-state index contributed by atoms with van der Waals surface area (Å²) in [6.45, 7) is 1.92. The lowest BCUT2D eigenvalue weighted by molar-refractivity contribution is -0.118. The van der Waals surface area contributed by atoms with Gasteiger partial charge in [0.15, 0.2) is 0 Å². The zero-order valence-electron chi connectivity index (χ0n) is 7.14. The maximum absolute atomic E-state index is 10.6. The molecule has 4 heteroatoms. The quantitative estimate of drug-likeness (QED) is 0.483. The van der Waals surface area contributed by atoms with E-state index in [1.54, 1.807) is 0 Å². The smallest absolute Gasteiger partial charge is 0.234 e. The fourth-order valence-corrected chi connectivity index (χ4v) is 0.763. The van der Waals surface area contributed by atoms with Crippen LogP contribution in [0.15, 0.2) is 0 Å². The van der Waals surface area contributed by atoms with Crippen molar-refractivity contribution in [3.63, 3.8) is 0 Å². The van der Waals surface area contributed by atoms with E-state index in [0.29, 0.717) is 13.1 Å². The van der Waals surface area contributed by atoms with Gasteiger partial charge in [-0.1, -0.05) is 5.92 Å². The summed E-state index contributed by atoms with van der Waals surface area (Å²) in [7, 11) is 1.90. The SMILES string of the molecule is C#CCN(C)CCNC(=O)CCl. The first-order chi connectivity index (χ1) is 5.70. The molecule has 0 spiro atoms. The van der Waals surface area contributed by atoms with Gasteiger partial charge in [-0.3, -0.25) is 9.69 Å². The minimum atomic E-state index is -0.147. The molecular formula is C8H13ClN2O. The Kier molecular flexibility index (Phi) is 6.54. The van der Waals surface area contributed by atoms with Gasteiger partial charge in [-0.2, -0.15) is 0 Å². The van der Waals surface area contributed by atoms with Gasteiger partial charge in [0.1, 0.15) is 5.88 Å². The van der Waals surface area contributed by atoms with Crippen molar-refractivity contribution in [2.75, 3.05) is 32.6 Å². The van der Waals surface area contributed by atoms with Gasteiger partial charge in [0, 0.05) is 13.1 Å². The van der Waals surface area contributed by atoms with Gasteiger partial charge in [-0.15, -0.1) is 18.0 Å². The summed E-state index contributed by atoms with van der Waals surface area (Å²) in [6.07, 6.45) is 5.09. The molecule has 0 aromatic carbocycles. The van der Waals surface area contributed by atoms with Crippen LogP contribution in [0.2, 0.25) is 0 Å². The van der Waals surface area contributed by atoms with Gasteiger partial charge in [-0.05, 0) is 7.05 Å². The lowest BCUT2D eigenvalue weighted by atomic mass is 10.5. The molecule has 0 saturated heterocycles. The first-order valence-corrected chi connectivity index (χ1v) is 4.18. The van der Waals surface area contributed by atoms with Gasteiger partial charge < -0.3 is 5.32 Å². The number of alkyl halides is 1. The predicted octanol–water partition coefficient (Wildman–Crippen LogP) is -0.0936. The molecule has 0 heterocycles. The molecule has 1 amide bonds. The van der Waals surface area contributed by atoms with E-state index in [2.05, 4.69) is 11.2 Å².